The largest absolute Gasteiger partial charge is 0.487 e. The predicted molar refractivity (Wildman–Crippen MR) is 79.6 cm³/mol. The average Bonchev–Trinajstić information content (AvgIpc) is 2.97. The van der Waals surface area contributed by atoms with Gasteiger partial charge in [0.05, 0.1) is 0 Å². The molecule has 4 heteroatoms. The van der Waals surface area contributed by atoms with Crippen molar-refractivity contribution in [2.24, 2.45) is 0 Å². The molecule has 0 amide bonds. The molecular weight excluding hydrogens is 272 g/mol. The molecule has 0 radical (unpaired) electrons. The Morgan fingerprint density at radius 1 is 1.10 bits per heavy atom. The maximum absolute atomic E-state index is 11.5. The van der Waals surface area contributed by atoms with E-state index in [-0.39, 0.29) is 5.56 Å². The molecule has 0 saturated heterocycles. The normalized spacial score (nSPS) is 10.6. The molecule has 2 aromatic carbocycles. The van der Waals surface area contributed by atoms with Crippen molar-refractivity contribution in [1.29, 1.82) is 0 Å². The summed E-state index contributed by atoms with van der Waals surface area (Å²) in [7, 11) is 0. The minimum Gasteiger partial charge on any atom is -0.487 e. The van der Waals surface area contributed by atoms with E-state index in [2.05, 4.69) is 0 Å². The highest BCUT2D eigenvalue weighted by atomic mass is 32.1. The highest BCUT2D eigenvalue weighted by molar-refractivity contribution is 7.09. The van der Waals surface area contributed by atoms with Crippen molar-refractivity contribution in [2.45, 2.75) is 6.61 Å². The van der Waals surface area contributed by atoms with E-state index in [0.717, 1.165) is 10.3 Å². The lowest BCUT2D eigenvalue weighted by molar-refractivity contribution is 0.0694. The van der Waals surface area contributed by atoms with Crippen LogP contribution in [-0.2, 0) is 6.61 Å². The van der Waals surface area contributed by atoms with Crippen LogP contribution in [0.3, 0.4) is 0 Å². The maximum atomic E-state index is 11.5. The van der Waals surface area contributed by atoms with Gasteiger partial charge in [0.1, 0.15) is 17.9 Å². The molecule has 1 aromatic heterocycles. The van der Waals surface area contributed by atoms with Crippen molar-refractivity contribution in [2.75, 3.05) is 0 Å². The molecule has 0 unspecified atom stereocenters. The van der Waals surface area contributed by atoms with Gasteiger partial charge in [0.2, 0.25) is 0 Å². The van der Waals surface area contributed by atoms with Gasteiger partial charge < -0.3 is 9.84 Å². The van der Waals surface area contributed by atoms with E-state index < -0.39 is 5.97 Å². The number of carbonyl (C=O) groups is 1. The topological polar surface area (TPSA) is 46.5 Å². The standard InChI is InChI=1S/C16H12O3S/c17-16(18)15-13-6-2-1-4-11(13)7-8-14(15)19-10-12-5-3-9-20-12/h1-9H,10H2,(H,17,18). The van der Waals surface area contributed by atoms with E-state index in [4.69, 9.17) is 4.74 Å². The van der Waals surface area contributed by atoms with E-state index in [9.17, 15) is 9.90 Å². The van der Waals surface area contributed by atoms with Crippen LogP contribution in [0, 0.1) is 0 Å². The number of carboxylic acid groups (broad SMARTS) is 1. The molecule has 0 atom stereocenters. The van der Waals surface area contributed by atoms with Crippen molar-refractivity contribution in [3.63, 3.8) is 0 Å². The van der Waals surface area contributed by atoms with Crippen LogP contribution in [0.1, 0.15) is 15.2 Å². The van der Waals surface area contributed by atoms with Gasteiger partial charge in [0, 0.05) is 4.88 Å². The number of hydrogen-bond acceptors (Lipinski definition) is 3. The average molecular weight is 284 g/mol. The van der Waals surface area contributed by atoms with Gasteiger partial charge in [-0.15, -0.1) is 11.3 Å². The predicted octanol–water partition coefficient (Wildman–Crippen LogP) is 4.18. The van der Waals surface area contributed by atoms with Gasteiger partial charge in [-0.05, 0) is 28.3 Å². The third-order valence-electron chi connectivity index (χ3n) is 3.05. The molecule has 3 aromatic rings. The number of thiophene rings is 1. The Balaban J connectivity index is 2.01. The van der Waals surface area contributed by atoms with Gasteiger partial charge in [-0.3, -0.25) is 0 Å². The lowest BCUT2D eigenvalue weighted by Gasteiger charge is -2.10. The summed E-state index contributed by atoms with van der Waals surface area (Å²) in [5.74, 6) is -0.562. The fourth-order valence-electron chi connectivity index (χ4n) is 2.14. The smallest absolute Gasteiger partial charge is 0.340 e. The van der Waals surface area contributed by atoms with Crippen LogP contribution in [0.2, 0.25) is 0 Å². The summed E-state index contributed by atoms with van der Waals surface area (Å²) in [6.07, 6.45) is 0. The zero-order valence-electron chi connectivity index (χ0n) is 10.6. The number of hydrogen-bond donors (Lipinski definition) is 1. The maximum Gasteiger partial charge on any atom is 0.340 e. The molecule has 0 bridgehead atoms. The van der Waals surface area contributed by atoms with Crippen molar-refractivity contribution >= 4 is 28.1 Å². The van der Waals surface area contributed by atoms with E-state index in [1.807, 2.05) is 41.8 Å². The van der Waals surface area contributed by atoms with Crippen LogP contribution in [0.25, 0.3) is 10.8 Å². The van der Waals surface area contributed by atoms with Gasteiger partial charge >= 0.3 is 5.97 Å². The van der Waals surface area contributed by atoms with Crippen LogP contribution in [0.5, 0.6) is 5.75 Å². The zero-order chi connectivity index (χ0) is 13.9. The van der Waals surface area contributed by atoms with Gasteiger partial charge in [-0.25, -0.2) is 4.79 Å². The Hall–Kier alpha value is -2.33. The van der Waals surface area contributed by atoms with E-state index in [1.54, 1.807) is 23.5 Å². The first-order chi connectivity index (χ1) is 9.75. The second-order valence-electron chi connectivity index (χ2n) is 4.33. The van der Waals surface area contributed by atoms with E-state index in [0.29, 0.717) is 17.7 Å². The second-order valence-corrected chi connectivity index (χ2v) is 5.37. The van der Waals surface area contributed by atoms with Crippen molar-refractivity contribution < 1.29 is 14.6 Å². The summed E-state index contributed by atoms with van der Waals surface area (Å²) in [6, 6.07) is 14.9. The summed E-state index contributed by atoms with van der Waals surface area (Å²) in [5.41, 5.74) is 0.222. The third kappa shape index (κ3) is 2.38. The summed E-state index contributed by atoms with van der Waals surface area (Å²) < 4.78 is 5.68. The number of ether oxygens (including phenoxy) is 1. The molecule has 1 heterocycles. The SMILES string of the molecule is O=C(O)c1c(OCc2cccs2)ccc2ccccc12. The number of benzene rings is 2. The minimum absolute atomic E-state index is 0.222. The van der Waals surface area contributed by atoms with E-state index in [1.165, 1.54) is 0 Å². The summed E-state index contributed by atoms with van der Waals surface area (Å²) in [5, 5.41) is 13.0. The number of carboxylic acids is 1. The molecule has 0 aliphatic rings. The van der Waals surface area contributed by atoms with Crippen LogP contribution < -0.4 is 4.74 Å². The Labute approximate surface area is 120 Å². The lowest BCUT2D eigenvalue weighted by Crippen LogP contribution is -2.03. The summed E-state index contributed by atoms with van der Waals surface area (Å²) >= 11 is 1.59. The molecule has 1 N–H and O–H groups in total. The Bertz CT molecular complexity index is 748. The molecule has 0 aliphatic carbocycles. The second kappa shape index (κ2) is 5.35. The number of fused-ring (bicyclic) bond motifs is 1. The molecule has 3 nitrogen and oxygen atoms in total. The first-order valence-corrected chi connectivity index (χ1v) is 7.04. The monoisotopic (exact) mass is 284 g/mol. The van der Waals surface area contributed by atoms with Crippen LogP contribution in [0.4, 0.5) is 0 Å². The third-order valence-corrected chi connectivity index (χ3v) is 3.90. The molecule has 0 saturated carbocycles. The zero-order valence-corrected chi connectivity index (χ0v) is 11.4. The molecule has 20 heavy (non-hydrogen) atoms. The van der Waals surface area contributed by atoms with Crippen molar-refractivity contribution in [3.05, 3.63) is 64.4 Å². The first kappa shape index (κ1) is 12.7. The van der Waals surface area contributed by atoms with Gasteiger partial charge in [-0.2, -0.15) is 0 Å². The van der Waals surface area contributed by atoms with Crippen LogP contribution in [0.15, 0.2) is 53.9 Å². The van der Waals surface area contributed by atoms with Crippen LogP contribution >= 0.6 is 11.3 Å². The highest BCUT2D eigenvalue weighted by Gasteiger charge is 2.15. The molecule has 0 fully saturated rings. The number of aromatic carboxylic acids is 1. The fraction of sp³-hybridized carbons (Fsp3) is 0.0625. The van der Waals surface area contributed by atoms with Crippen molar-refractivity contribution in [3.8, 4) is 5.75 Å². The lowest BCUT2D eigenvalue weighted by atomic mass is 10.0. The molecule has 0 spiro atoms. The van der Waals surface area contributed by atoms with E-state index >= 15 is 0 Å². The Morgan fingerprint density at radius 3 is 2.70 bits per heavy atom. The fourth-order valence-corrected chi connectivity index (χ4v) is 2.75. The summed E-state index contributed by atoms with van der Waals surface area (Å²) in [4.78, 5) is 12.6. The number of rotatable bonds is 4. The Kier molecular flexibility index (Phi) is 3.39. The quantitative estimate of drug-likeness (QED) is 0.781. The van der Waals surface area contributed by atoms with Gasteiger partial charge in [0.25, 0.3) is 0 Å². The molecule has 0 aliphatic heterocycles. The van der Waals surface area contributed by atoms with Crippen molar-refractivity contribution in [1.82, 2.24) is 0 Å². The highest BCUT2D eigenvalue weighted by Crippen LogP contribution is 2.29. The van der Waals surface area contributed by atoms with Gasteiger partial charge in [-0.1, -0.05) is 36.4 Å². The summed E-state index contributed by atoms with van der Waals surface area (Å²) in [6.45, 7) is 0.385. The first-order valence-electron chi connectivity index (χ1n) is 6.16. The molecule has 100 valence electrons. The molecular formula is C16H12O3S. The molecule has 3 rings (SSSR count). The Morgan fingerprint density at radius 2 is 1.95 bits per heavy atom. The van der Waals surface area contributed by atoms with Crippen LogP contribution in [-0.4, -0.2) is 11.1 Å². The minimum atomic E-state index is -0.969. The van der Waals surface area contributed by atoms with Gasteiger partial charge in [0.15, 0.2) is 0 Å².